The maximum Gasteiger partial charge on any atom is 0.0486 e. The van der Waals surface area contributed by atoms with Gasteiger partial charge in [0.25, 0.3) is 0 Å². The Morgan fingerprint density at radius 2 is 2.12 bits per heavy atom. The smallest absolute Gasteiger partial charge is 0.0486 e. The maximum absolute atomic E-state index is 3.38. The molecule has 0 radical (unpaired) electrons. The van der Waals surface area contributed by atoms with E-state index >= 15 is 0 Å². The molecule has 0 fully saturated rings. The zero-order valence-electron chi connectivity index (χ0n) is 10.7. The Labute approximate surface area is 98.3 Å². The lowest BCUT2D eigenvalue weighted by Gasteiger charge is -2.19. The third-order valence-electron chi connectivity index (χ3n) is 3.43. The van der Waals surface area contributed by atoms with Gasteiger partial charge in [0, 0.05) is 17.3 Å². The molecular formula is C15H21N. The number of aromatic amines is 1. The van der Waals surface area contributed by atoms with Crippen LogP contribution in [0.2, 0.25) is 0 Å². The molecule has 2 rings (SSSR count). The Kier molecular flexibility index (Phi) is 2.79. The topological polar surface area (TPSA) is 15.8 Å². The Hall–Kier alpha value is -1.24. The summed E-state index contributed by atoms with van der Waals surface area (Å²) in [5, 5.41) is 0. The summed E-state index contributed by atoms with van der Waals surface area (Å²) in [7, 11) is 0. The molecule has 1 aromatic heterocycles. The van der Waals surface area contributed by atoms with E-state index in [0.717, 1.165) is 0 Å². The Bertz CT molecular complexity index is 432. The van der Waals surface area contributed by atoms with Crippen LogP contribution in [0.4, 0.5) is 0 Å². The molecule has 0 saturated heterocycles. The molecule has 86 valence electrons. The van der Waals surface area contributed by atoms with Crippen LogP contribution in [0.25, 0.3) is 11.6 Å². The summed E-state index contributed by atoms with van der Waals surface area (Å²) in [4.78, 5) is 3.38. The van der Waals surface area contributed by atoms with E-state index in [4.69, 9.17) is 0 Å². The second-order valence-electron chi connectivity index (χ2n) is 5.37. The van der Waals surface area contributed by atoms with Crippen molar-refractivity contribution in [2.24, 2.45) is 11.3 Å². The van der Waals surface area contributed by atoms with Gasteiger partial charge in [0.1, 0.15) is 0 Å². The fourth-order valence-corrected chi connectivity index (χ4v) is 2.20. The lowest BCUT2D eigenvalue weighted by molar-refractivity contribution is 0.619. The fraction of sp³-hybridized carbons (Fsp3) is 0.467. The van der Waals surface area contributed by atoms with Crippen LogP contribution in [0.15, 0.2) is 24.4 Å². The molecule has 1 nitrogen and oxygen atoms in total. The molecule has 0 spiro atoms. The van der Waals surface area contributed by atoms with Gasteiger partial charge in [-0.05, 0) is 29.5 Å². The summed E-state index contributed by atoms with van der Waals surface area (Å²) in [5.74, 6) is 0.608. The average molecular weight is 215 g/mol. The fourth-order valence-electron chi connectivity index (χ4n) is 2.20. The van der Waals surface area contributed by atoms with Crippen molar-refractivity contribution < 1.29 is 0 Å². The Balaban J connectivity index is 2.53. The average Bonchev–Trinajstić information content (AvgIpc) is 2.66. The van der Waals surface area contributed by atoms with Gasteiger partial charge in [-0.1, -0.05) is 45.9 Å². The molecular weight excluding hydrogens is 194 g/mol. The highest BCUT2D eigenvalue weighted by molar-refractivity contribution is 5.76. The van der Waals surface area contributed by atoms with Crippen molar-refractivity contribution in [3.63, 3.8) is 0 Å². The number of rotatable bonds is 2. The van der Waals surface area contributed by atoms with E-state index in [1.165, 1.54) is 23.3 Å². The predicted molar refractivity (Wildman–Crippen MR) is 71.0 cm³/mol. The first-order valence-electron chi connectivity index (χ1n) is 6.13. The first-order chi connectivity index (χ1) is 7.53. The highest BCUT2D eigenvalue weighted by atomic mass is 14.7. The van der Waals surface area contributed by atoms with Crippen LogP contribution in [0, 0.1) is 11.3 Å². The highest BCUT2D eigenvalue weighted by Gasteiger charge is 2.21. The zero-order chi connectivity index (χ0) is 11.8. The molecule has 16 heavy (non-hydrogen) atoms. The molecule has 0 aliphatic heterocycles. The first kappa shape index (κ1) is 11.3. The van der Waals surface area contributed by atoms with Crippen molar-refractivity contribution in [3.05, 3.63) is 35.7 Å². The standard InChI is InChI=1S/C15H21N/c1-5-11(2)13-10-15(3,4)8-6-12-7-9-16-14(12)13/h6-11,16H,5H2,1-4H3. The number of fused-ring (bicyclic) bond motifs is 1. The highest BCUT2D eigenvalue weighted by Crippen LogP contribution is 2.36. The minimum atomic E-state index is 0.151. The predicted octanol–water partition coefficient (Wildman–Crippen LogP) is 4.50. The van der Waals surface area contributed by atoms with Gasteiger partial charge < -0.3 is 4.98 Å². The quantitative estimate of drug-likeness (QED) is 0.747. The molecule has 0 aromatic carbocycles. The van der Waals surface area contributed by atoms with E-state index in [-0.39, 0.29) is 5.41 Å². The number of hydrogen-bond acceptors (Lipinski definition) is 0. The number of allylic oxidation sites excluding steroid dienone is 3. The van der Waals surface area contributed by atoms with Gasteiger partial charge >= 0.3 is 0 Å². The first-order valence-corrected chi connectivity index (χ1v) is 6.13. The van der Waals surface area contributed by atoms with E-state index in [1.54, 1.807) is 0 Å². The molecule has 1 atom stereocenters. The van der Waals surface area contributed by atoms with Gasteiger partial charge in [-0.3, -0.25) is 0 Å². The van der Waals surface area contributed by atoms with Crippen LogP contribution < -0.4 is 0 Å². The summed E-state index contributed by atoms with van der Waals surface area (Å²) < 4.78 is 0. The van der Waals surface area contributed by atoms with Gasteiger partial charge in [-0.25, -0.2) is 0 Å². The van der Waals surface area contributed by atoms with Crippen LogP contribution in [0.5, 0.6) is 0 Å². The molecule has 1 N–H and O–H groups in total. The van der Waals surface area contributed by atoms with Gasteiger partial charge in [-0.2, -0.15) is 0 Å². The van der Waals surface area contributed by atoms with E-state index in [0.29, 0.717) is 5.92 Å². The second-order valence-corrected chi connectivity index (χ2v) is 5.37. The summed E-state index contributed by atoms with van der Waals surface area (Å²) >= 11 is 0. The lowest BCUT2D eigenvalue weighted by atomic mass is 9.86. The molecule has 0 bridgehead atoms. The maximum atomic E-state index is 3.38. The third kappa shape index (κ3) is 1.99. The number of H-pyrrole nitrogens is 1. The van der Waals surface area contributed by atoms with Gasteiger partial charge in [-0.15, -0.1) is 0 Å². The number of nitrogens with one attached hydrogen (secondary N) is 1. The van der Waals surface area contributed by atoms with Crippen LogP contribution >= 0.6 is 0 Å². The molecule has 1 aliphatic carbocycles. The van der Waals surface area contributed by atoms with Gasteiger partial charge in [0.2, 0.25) is 0 Å². The van der Waals surface area contributed by atoms with E-state index in [2.05, 4.69) is 57.0 Å². The van der Waals surface area contributed by atoms with Crippen molar-refractivity contribution in [3.8, 4) is 0 Å². The third-order valence-corrected chi connectivity index (χ3v) is 3.43. The normalized spacial score (nSPS) is 19.9. The molecule has 0 amide bonds. The summed E-state index contributed by atoms with van der Waals surface area (Å²) in [6, 6.07) is 2.16. The number of hydrogen-bond donors (Lipinski definition) is 1. The summed E-state index contributed by atoms with van der Waals surface area (Å²) in [6.45, 7) is 9.08. The van der Waals surface area contributed by atoms with Crippen molar-refractivity contribution >= 4 is 11.6 Å². The van der Waals surface area contributed by atoms with Crippen molar-refractivity contribution in [1.29, 1.82) is 0 Å². The summed E-state index contributed by atoms with van der Waals surface area (Å²) in [5.41, 5.74) is 4.23. The van der Waals surface area contributed by atoms with E-state index in [9.17, 15) is 0 Å². The van der Waals surface area contributed by atoms with Gasteiger partial charge in [0.05, 0.1) is 0 Å². The van der Waals surface area contributed by atoms with Crippen LogP contribution in [0.3, 0.4) is 0 Å². The van der Waals surface area contributed by atoms with E-state index in [1.807, 2.05) is 6.20 Å². The molecule has 1 heterocycles. The number of aromatic nitrogens is 1. The Morgan fingerprint density at radius 1 is 1.38 bits per heavy atom. The largest absolute Gasteiger partial charge is 0.361 e. The van der Waals surface area contributed by atoms with Crippen LogP contribution in [0.1, 0.15) is 45.4 Å². The van der Waals surface area contributed by atoms with Crippen molar-refractivity contribution in [1.82, 2.24) is 4.98 Å². The molecule has 1 aromatic rings. The van der Waals surface area contributed by atoms with Crippen LogP contribution in [-0.4, -0.2) is 4.98 Å². The molecule has 1 unspecified atom stereocenters. The van der Waals surface area contributed by atoms with Crippen LogP contribution in [-0.2, 0) is 0 Å². The minimum Gasteiger partial charge on any atom is -0.361 e. The van der Waals surface area contributed by atoms with Gasteiger partial charge in [0.15, 0.2) is 0 Å². The molecule has 0 saturated carbocycles. The second kappa shape index (κ2) is 3.97. The molecule has 1 heteroatoms. The SMILES string of the molecule is CCC(C)C1=CC(C)(C)C=Cc2cc[nH]c21. The monoisotopic (exact) mass is 215 g/mol. The summed E-state index contributed by atoms with van der Waals surface area (Å²) in [6.07, 6.45) is 10.1. The molecule has 1 aliphatic rings. The minimum absolute atomic E-state index is 0.151. The van der Waals surface area contributed by atoms with E-state index < -0.39 is 0 Å². The van der Waals surface area contributed by atoms with Crippen molar-refractivity contribution in [2.75, 3.05) is 0 Å². The zero-order valence-corrected chi connectivity index (χ0v) is 10.7. The Morgan fingerprint density at radius 3 is 2.81 bits per heavy atom. The van der Waals surface area contributed by atoms with Crippen molar-refractivity contribution in [2.45, 2.75) is 34.1 Å². The lowest BCUT2D eigenvalue weighted by Crippen LogP contribution is -2.06.